The third kappa shape index (κ3) is 4.48. The van der Waals surface area contributed by atoms with Gasteiger partial charge in [0.15, 0.2) is 0 Å². The number of amides is 1. The molecule has 7 nitrogen and oxygen atoms in total. The first-order valence-corrected chi connectivity index (χ1v) is 6.66. The van der Waals surface area contributed by atoms with Crippen LogP contribution < -0.4 is 10.6 Å². The van der Waals surface area contributed by atoms with Gasteiger partial charge in [-0.2, -0.15) is 13.2 Å². The van der Waals surface area contributed by atoms with Gasteiger partial charge in [-0.25, -0.2) is 0 Å². The van der Waals surface area contributed by atoms with Crippen molar-refractivity contribution >= 4 is 17.3 Å². The van der Waals surface area contributed by atoms with Crippen LogP contribution in [-0.4, -0.2) is 17.4 Å². The zero-order chi connectivity index (χ0) is 17.7. The van der Waals surface area contributed by atoms with E-state index >= 15 is 0 Å². The molecule has 1 amide bonds. The molecular formula is C14H12F3N3O4. The number of nitrogens with zero attached hydrogens (tertiary/aromatic N) is 1. The highest BCUT2D eigenvalue weighted by Crippen LogP contribution is 2.34. The van der Waals surface area contributed by atoms with E-state index in [1.165, 1.54) is 6.26 Å². The molecule has 0 unspecified atom stereocenters. The highest BCUT2D eigenvalue weighted by atomic mass is 19.4. The van der Waals surface area contributed by atoms with E-state index in [4.69, 9.17) is 4.42 Å². The molecule has 0 atom stereocenters. The fraction of sp³-hybridized carbons (Fsp3) is 0.214. The number of nitro benzene ring substituents is 1. The molecule has 0 bridgehead atoms. The van der Waals surface area contributed by atoms with Crippen LogP contribution in [0.15, 0.2) is 41.0 Å². The van der Waals surface area contributed by atoms with Crippen LogP contribution in [0, 0.1) is 10.1 Å². The standard InChI is InChI=1S/C14H12F3N3O4/c15-14(16,17)9-3-4-11(12(6-9)20(22)23)18-8-13(21)19-7-10-2-1-5-24-10/h1-6,18H,7-8H2,(H,19,21). The largest absolute Gasteiger partial charge is 0.467 e. The van der Waals surface area contributed by atoms with Crippen LogP contribution in [0.5, 0.6) is 0 Å². The second-order valence-corrected chi connectivity index (χ2v) is 4.70. The number of carbonyl (C=O) groups excluding carboxylic acids is 1. The molecule has 0 aliphatic carbocycles. The summed E-state index contributed by atoms with van der Waals surface area (Å²) in [4.78, 5) is 21.6. The van der Waals surface area contributed by atoms with Crippen LogP contribution >= 0.6 is 0 Å². The summed E-state index contributed by atoms with van der Waals surface area (Å²) >= 11 is 0. The summed E-state index contributed by atoms with van der Waals surface area (Å²) in [5.74, 6) is 0.0180. The van der Waals surface area contributed by atoms with E-state index in [0.717, 1.165) is 6.07 Å². The number of hydrogen-bond donors (Lipinski definition) is 2. The summed E-state index contributed by atoms with van der Waals surface area (Å²) < 4.78 is 42.8. The molecule has 1 aromatic heterocycles. The van der Waals surface area contributed by atoms with Crippen molar-refractivity contribution in [2.45, 2.75) is 12.7 Å². The van der Waals surface area contributed by atoms with E-state index in [-0.39, 0.29) is 18.8 Å². The van der Waals surface area contributed by atoms with Gasteiger partial charge in [-0.1, -0.05) is 0 Å². The zero-order valence-electron chi connectivity index (χ0n) is 12.1. The predicted molar refractivity (Wildman–Crippen MR) is 77.1 cm³/mol. The van der Waals surface area contributed by atoms with Gasteiger partial charge in [-0.05, 0) is 24.3 Å². The number of rotatable bonds is 6. The topological polar surface area (TPSA) is 97.4 Å². The smallest absolute Gasteiger partial charge is 0.416 e. The highest BCUT2D eigenvalue weighted by Gasteiger charge is 2.33. The minimum absolute atomic E-state index is 0.128. The molecule has 0 spiro atoms. The van der Waals surface area contributed by atoms with Gasteiger partial charge in [-0.3, -0.25) is 14.9 Å². The molecule has 0 saturated carbocycles. The molecule has 0 saturated heterocycles. The number of alkyl halides is 3. The van der Waals surface area contributed by atoms with Crippen LogP contribution in [0.2, 0.25) is 0 Å². The van der Waals surface area contributed by atoms with Crippen LogP contribution in [-0.2, 0) is 17.5 Å². The second-order valence-electron chi connectivity index (χ2n) is 4.70. The fourth-order valence-electron chi connectivity index (χ4n) is 1.85. The maximum absolute atomic E-state index is 12.6. The van der Waals surface area contributed by atoms with E-state index in [2.05, 4.69) is 10.6 Å². The predicted octanol–water partition coefficient (Wildman–Crippen LogP) is 2.93. The molecule has 0 radical (unpaired) electrons. The molecule has 1 aromatic carbocycles. The highest BCUT2D eigenvalue weighted by molar-refractivity contribution is 5.81. The molecule has 0 aliphatic heterocycles. The van der Waals surface area contributed by atoms with Gasteiger partial charge in [0, 0.05) is 6.07 Å². The molecule has 1 heterocycles. The third-order valence-corrected chi connectivity index (χ3v) is 3.00. The Labute approximate surface area is 133 Å². The van der Waals surface area contributed by atoms with Gasteiger partial charge in [-0.15, -0.1) is 0 Å². The fourth-order valence-corrected chi connectivity index (χ4v) is 1.85. The summed E-state index contributed by atoms with van der Waals surface area (Å²) in [5.41, 5.74) is -2.08. The lowest BCUT2D eigenvalue weighted by Crippen LogP contribution is -2.29. The second kappa shape index (κ2) is 7.02. The molecule has 0 aliphatic rings. The molecule has 2 aromatic rings. The maximum atomic E-state index is 12.6. The number of nitrogens with one attached hydrogen (secondary N) is 2. The SMILES string of the molecule is O=C(CNc1ccc(C(F)(F)F)cc1[N+](=O)[O-])NCc1ccco1. The molecule has 2 rings (SSSR count). The number of hydrogen-bond acceptors (Lipinski definition) is 5. The van der Waals surface area contributed by atoms with Gasteiger partial charge in [0.2, 0.25) is 5.91 Å². The van der Waals surface area contributed by atoms with E-state index in [1.54, 1.807) is 12.1 Å². The number of carbonyl (C=O) groups is 1. The number of anilines is 1. The minimum Gasteiger partial charge on any atom is -0.467 e. The Morgan fingerprint density at radius 3 is 2.62 bits per heavy atom. The summed E-state index contributed by atoms with van der Waals surface area (Å²) in [5, 5.41) is 15.9. The van der Waals surface area contributed by atoms with Crippen molar-refractivity contribution in [1.29, 1.82) is 0 Å². The van der Waals surface area contributed by atoms with E-state index in [0.29, 0.717) is 17.9 Å². The number of nitro groups is 1. The lowest BCUT2D eigenvalue weighted by atomic mass is 10.1. The summed E-state index contributed by atoms with van der Waals surface area (Å²) in [6, 6.07) is 5.33. The molecule has 24 heavy (non-hydrogen) atoms. The molecular weight excluding hydrogens is 331 g/mol. The van der Waals surface area contributed by atoms with Crippen LogP contribution in [0.1, 0.15) is 11.3 Å². The Kier molecular flexibility index (Phi) is 5.07. The quantitative estimate of drug-likeness (QED) is 0.621. The lowest BCUT2D eigenvalue weighted by Gasteiger charge is -2.10. The molecule has 0 fully saturated rings. The first-order valence-electron chi connectivity index (χ1n) is 6.66. The maximum Gasteiger partial charge on any atom is 0.416 e. The van der Waals surface area contributed by atoms with Gasteiger partial charge < -0.3 is 15.1 Å². The normalized spacial score (nSPS) is 11.1. The zero-order valence-corrected chi connectivity index (χ0v) is 12.1. The van der Waals surface area contributed by atoms with Crippen molar-refractivity contribution in [3.05, 3.63) is 58.0 Å². The van der Waals surface area contributed by atoms with E-state index in [1.807, 2.05) is 0 Å². The Bertz CT molecular complexity index is 729. The molecule has 10 heteroatoms. The van der Waals surface area contributed by atoms with Crippen LogP contribution in [0.3, 0.4) is 0 Å². The van der Waals surface area contributed by atoms with Crippen molar-refractivity contribution in [3.63, 3.8) is 0 Å². The monoisotopic (exact) mass is 343 g/mol. The first-order chi connectivity index (χ1) is 11.3. The van der Waals surface area contributed by atoms with Gasteiger partial charge in [0.25, 0.3) is 5.69 Å². The van der Waals surface area contributed by atoms with E-state index in [9.17, 15) is 28.1 Å². The Hall–Kier alpha value is -3.04. The van der Waals surface area contributed by atoms with Crippen LogP contribution in [0.4, 0.5) is 24.5 Å². The Morgan fingerprint density at radius 1 is 1.29 bits per heavy atom. The van der Waals surface area contributed by atoms with Crippen molar-refractivity contribution in [3.8, 4) is 0 Å². The van der Waals surface area contributed by atoms with E-state index < -0.39 is 28.3 Å². The number of halogens is 3. The number of furan rings is 1. The molecule has 128 valence electrons. The third-order valence-electron chi connectivity index (χ3n) is 3.00. The van der Waals surface area contributed by atoms with Crippen molar-refractivity contribution < 1.29 is 27.3 Å². The first kappa shape index (κ1) is 17.3. The van der Waals surface area contributed by atoms with Crippen molar-refractivity contribution in [1.82, 2.24) is 5.32 Å². The summed E-state index contributed by atoms with van der Waals surface area (Å²) in [6.07, 6.45) is -3.25. The average molecular weight is 343 g/mol. The molecule has 2 N–H and O–H groups in total. The van der Waals surface area contributed by atoms with Crippen molar-refractivity contribution in [2.24, 2.45) is 0 Å². The van der Waals surface area contributed by atoms with Gasteiger partial charge in [0.1, 0.15) is 11.4 Å². The number of benzene rings is 1. The van der Waals surface area contributed by atoms with Crippen molar-refractivity contribution in [2.75, 3.05) is 11.9 Å². The van der Waals surface area contributed by atoms with Gasteiger partial charge >= 0.3 is 6.18 Å². The lowest BCUT2D eigenvalue weighted by molar-refractivity contribution is -0.384. The Morgan fingerprint density at radius 2 is 2.04 bits per heavy atom. The van der Waals surface area contributed by atoms with Gasteiger partial charge in [0.05, 0.1) is 29.8 Å². The average Bonchev–Trinajstić information content (AvgIpc) is 3.03. The van der Waals surface area contributed by atoms with Crippen LogP contribution in [0.25, 0.3) is 0 Å². The minimum atomic E-state index is -4.69. The Balaban J connectivity index is 2.01. The summed E-state index contributed by atoms with van der Waals surface area (Å²) in [7, 11) is 0. The summed E-state index contributed by atoms with van der Waals surface area (Å²) in [6.45, 7) is -0.213.